The van der Waals surface area contributed by atoms with Crippen LogP contribution >= 0.6 is 23.2 Å². The average molecular weight is 302 g/mol. The molecule has 0 unspecified atom stereocenters. The predicted octanol–water partition coefficient (Wildman–Crippen LogP) is 3.24. The van der Waals surface area contributed by atoms with Gasteiger partial charge in [0, 0.05) is 25.8 Å². The number of halogens is 2. The first kappa shape index (κ1) is 16.0. The maximum Gasteiger partial charge on any atom is 0.246 e. The van der Waals surface area contributed by atoms with E-state index in [0.717, 1.165) is 5.56 Å². The van der Waals surface area contributed by atoms with Gasteiger partial charge in [0.1, 0.15) is 0 Å². The van der Waals surface area contributed by atoms with E-state index in [1.807, 2.05) is 6.92 Å². The van der Waals surface area contributed by atoms with Crippen LogP contribution in [0.1, 0.15) is 18.9 Å². The van der Waals surface area contributed by atoms with Crippen LogP contribution in [-0.4, -0.2) is 35.6 Å². The molecule has 1 amide bonds. The summed E-state index contributed by atoms with van der Waals surface area (Å²) in [4.78, 5) is 13.6. The Bertz CT molecular complexity index is 461. The van der Waals surface area contributed by atoms with Crippen LogP contribution < -0.4 is 0 Å². The minimum atomic E-state index is -0.0815. The van der Waals surface area contributed by atoms with Crippen LogP contribution in [0.2, 0.25) is 10.0 Å². The highest BCUT2D eigenvalue weighted by atomic mass is 35.5. The summed E-state index contributed by atoms with van der Waals surface area (Å²) in [6.07, 6.45) is 3.78. The summed E-state index contributed by atoms with van der Waals surface area (Å²) >= 11 is 11.7. The van der Waals surface area contributed by atoms with Gasteiger partial charge in [-0.1, -0.05) is 29.3 Å². The number of aliphatic hydroxyl groups is 1. The van der Waals surface area contributed by atoms with Gasteiger partial charge in [-0.15, -0.1) is 0 Å². The van der Waals surface area contributed by atoms with Crippen molar-refractivity contribution < 1.29 is 9.90 Å². The fourth-order valence-corrected chi connectivity index (χ4v) is 1.88. The standard InChI is InChI=1S/C14H17Cl2NO2/c1-2-17(8-3-9-18)14(19)7-5-11-4-6-12(15)13(16)10-11/h4-7,10,18H,2-3,8-9H2,1H3/b7-5+. The summed E-state index contributed by atoms with van der Waals surface area (Å²) in [5.74, 6) is -0.0815. The van der Waals surface area contributed by atoms with Crippen LogP contribution in [0.25, 0.3) is 6.08 Å². The zero-order valence-electron chi connectivity index (χ0n) is 10.8. The second kappa shape index (κ2) is 8.20. The molecule has 19 heavy (non-hydrogen) atoms. The summed E-state index contributed by atoms with van der Waals surface area (Å²) in [6.45, 7) is 3.16. The molecule has 1 aromatic carbocycles. The summed E-state index contributed by atoms with van der Waals surface area (Å²) in [5.41, 5.74) is 0.820. The van der Waals surface area contributed by atoms with E-state index in [-0.39, 0.29) is 12.5 Å². The second-order valence-corrected chi connectivity index (χ2v) is 4.82. The van der Waals surface area contributed by atoms with Crippen LogP contribution in [0.4, 0.5) is 0 Å². The Labute approximate surface area is 123 Å². The van der Waals surface area contributed by atoms with E-state index in [1.54, 1.807) is 29.2 Å². The Morgan fingerprint density at radius 2 is 2.11 bits per heavy atom. The molecule has 0 bridgehead atoms. The second-order valence-electron chi connectivity index (χ2n) is 4.00. The smallest absolute Gasteiger partial charge is 0.246 e. The van der Waals surface area contributed by atoms with Crippen LogP contribution in [0.5, 0.6) is 0 Å². The molecule has 3 nitrogen and oxygen atoms in total. The number of likely N-dealkylation sites (N-methyl/N-ethyl adjacent to an activating group) is 1. The molecular formula is C14H17Cl2NO2. The van der Waals surface area contributed by atoms with Crippen molar-refractivity contribution in [3.8, 4) is 0 Å². The summed E-state index contributed by atoms with van der Waals surface area (Å²) in [7, 11) is 0. The fourth-order valence-electron chi connectivity index (χ4n) is 1.57. The maximum absolute atomic E-state index is 11.9. The third kappa shape index (κ3) is 5.23. The molecule has 1 rings (SSSR count). The van der Waals surface area contributed by atoms with Gasteiger partial charge >= 0.3 is 0 Å². The van der Waals surface area contributed by atoms with Crippen LogP contribution in [0, 0.1) is 0 Å². The fraction of sp³-hybridized carbons (Fsp3) is 0.357. The minimum absolute atomic E-state index is 0.0815. The number of aliphatic hydroxyl groups excluding tert-OH is 1. The van der Waals surface area contributed by atoms with Gasteiger partial charge in [-0.3, -0.25) is 4.79 Å². The number of carbonyl (C=O) groups is 1. The van der Waals surface area contributed by atoms with Gasteiger partial charge in [0.25, 0.3) is 0 Å². The van der Waals surface area contributed by atoms with Gasteiger partial charge in [0.15, 0.2) is 0 Å². The molecule has 0 saturated carbocycles. The lowest BCUT2D eigenvalue weighted by Crippen LogP contribution is -2.30. The van der Waals surface area contributed by atoms with Gasteiger partial charge in [0.05, 0.1) is 10.0 Å². The number of carbonyl (C=O) groups excluding carboxylic acids is 1. The number of rotatable bonds is 6. The van der Waals surface area contributed by atoms with Crippen molar-refractivity contribution in [2.45, 2.75) is 13.3 Å². The molecule has 0 aliphatic heterocycles. The van der Waals surface area contributed by atoms with Crippen LogP contribution in [-0.2, 0) is 4.79 Å². The lowest BCUT2D eigenvalue weighted by Gasteiger charge is -2.18. The van der Waals surface area contributed by atoms with Gasteiger partial charge in [-0.25, -0.2) is 0 Å². The van der Waals surface area contributed by atoms with E-state index in [0.29, 0.717) is 29.6 Å². The molecule has 1 N–H and O–H groups in total. The summed E-state index contributed by atoms with van der Waals surface area (Å²) in [6, 6.07) is 5.19. The largest absolute Gasteiger partial charge is 0.396 e. The highest BCUT2D eigenvalue weighted by molar-refractivity contribution is 6.42. The van der Waals surface area contributed by atoms with Gasteiger partial charge in [-0.2, -0.15) is 0 Å². The van der Waals surface area contributed by atoms with Crippen molar-refractivity contribution in [1.29, 1.82) is 0 Å². The highest BCUT2D eigenvalue weighted by Gasteiger charge is 2.07. The Hall–Kier alpha value is -1.03. The number of nitrogens with zero attached hydrogens (tertiary/aromatic N) is 1. The van der Waals surface area contributed by atoms with Crippen LogP contribution in [0.3, 0.4) is 0 Å². The minimum Gasteiger partial charge on any atom is -0.396 e. The predicted molar refractivity (Wildman–Crippen MR) is 79.5 cm³/mol. The van der Waals surface area contributed by atoms with Gasteiger partial charge in [0.2, 0.25) is 5.91 Å². The van der Waals surface area contributed by atoms with E-state index in [1.165, 1.54) is 6.08 Å². The monoisotopic (exact) mass is 301 g/mol. The molecule has 0 saturated heterocycles. The lowest BCUT2D eigenvalue weighted by atomic mass is 10.2. The zero-order chi connectivity index (χ0) is 14.3. The Balaban J connectivity index is 2.68. The number of benzene rings is 1. The molecule has 0 aliphatic carbocycles. The number of amides is 1. The van der Waals surface area contributed by atoms with Gasteiger partial charge in [-0.05, 0) is 37.1 Å². The van der Waals surface area contributed by atoms with Crippen molar-refractivity contribution in [3.05, 3.63) is 39.9 Å². The van der Waals surface area contributed by atoms with Crippen molar-refractivity contribution in [2.24, 2.45) is 0 Å². The first-order valence-corrected chi connectivity index (χ1v) is 6.87. The Morgan fingerprint density at radius 3 is 2.68 bits per heavy atom. The molecule has 1 aromatic rings. The first-order valence-electron chi connectivity index (χ1n) is 6.11. The first-order chi connectivity index (χ1) is 9.08. The van der Waals surface area contributed by atoms with Gasteiger partial charge < -0.3 is 10.0 Å². The Morgan fingerprint density at radius 1 is 1.37 bits per heavy atom. The van der Waals surface area contributed by atoms with E-state index in [2.05, 4.69) is 0 Å². The van der Waals surface area contributed by atoms with Crippen LogP contribution in [0.15, 0.2) is 24.3 Å². The molecule has 0 fully saturated rings. The lowest BCUT2D eigenvalue weighted by molar-refractivity contribution is -0.125. The van der Waals surface area contributed by atoms with Crippen molar-refractivity contribution in [1.82, 2.24) is 4.90 Å². The molecule has 0 atom stereocenters. The third-order valence-electron chi connectivity index (χ3n) is 2.64. The number of hydrogen-bond acceptors (Lipinski definition) is 2. The molecular weight excluding hydrogens is 285 g/mol. The quantitative estimate of drug-likeness (QED) is 0.820. The molecule has 0 aromatic heterocycles. The zero-order valence-corrected chi connectivity index (χ0v) is 12.3. The van der Waals surface area contributed by atoms with Crippen molar-refractivity contribution >= 4 is 35.2 Å². The average Bonchev–Trinajstić information content (AvgIpc) is 2.41. The Kier molecular flexibility index (Phi) is 6.92. The van der Waals surface area contributed by atoms with E-state index < -0.39 is 0 Å². The van der Waals surface area contributed by atoms with Crippen molar-refractivity contribution in [2.75, 3.05) is 19.7 Å². The topological polar surface area (TPSA) is 40.5 Å². The molecule has 0 spiro atoms. The normalized spacial score (nSPS) is 10.9. The number of hydrogen-bond donors (Lipinski definition) is 1. The van der Waals surface area contributed by atoms with Crippen molar-refractivity contribution in [3.63, 3.8) is 0 Å². The molecule has 104 valence electrons. The molecule has 0 radical (unpaired) electrons. The van der Waals surface area contributed by atoms with E-state index >= 15 is 0 Å². The summed E-state index contributed by atoms with van der Waals surface area (Å²) in [5, 5.41) is 9.72. The summed E-state index contributed by atoms with van der Waals surface area (Å²) < 4.78 is 0. The molecule has 0 heterocycles. The third-order valence-corrected chi connectivity index (χ3v) is 3.38. The molecule has 5 heteroatoms. The molecule has 0 aliphatic rings. The van der Waals surface area contributed by atoms with E-state index in [4.69, 9.17) is 28.3 Å². The van der Waals surface area contributed by atoms with E-state index in [9.17, 15) is 4.79 Å². The SMILES string of the molecule is CCN(CCCO)C(=O)/C=C/c1ccc(Cl)c(Cl)c1. The highest BCUT2D eigenvalue weighted by Crippen LogP contribution is 2.23. The maximum atomic E-state index is 11.9.